The van der Waals surface area contributed by atoms with Crippen molar-refractivity contribution in [2.45, 2.75) is 4.90 Å². The van der Waals surface area contributed by atoms with Gasteiger partial charge in [0.05, 0.1) is 12.8 Å². The lowest BCUT2D eigenvalue weighted by Gasteiger charge is -2.12. The zero-order valence-corrected chi connectivity index (χ0v) is 13.8. The van der Waals surface area contributed by atoms with Crippen LogP contribution in [0.15, 0.2) is 45.9 Å². The van der Waals surface area contributed by atoms with Gasteiger partial charge in [0, 0.05) is 23.8 Å². The molecule has 2 aromatic rings. The molecule has 112 valence electrons. The third kappa shape index (κ3) is 3.64. The highest BCUT2D eigenvalue weighted by atomic mass is 79.9. The Morgan fingerprint density at radius 2 is 2.05 bits per heavy atom. The number of hydrogen-bond acceptors (Lipinski definition) is 5. The number of anilines is 2. The van der Waals surface area contributed by atoms with Crippen molar-refractivity contribution in [2.75, 3.05) is 24.2 Å². The van der Waals surface area contributed by atoms with E-state index < -0.39 is 10.0 Å². The SMILES string of the molecule is CNc1ncc(Br)cc1S(=O)(=O)Nc1cccc(OC)c1. The quantitative estimate of drug-likeness (QED) is 0.844. The van der Waals surface area contributed by atoms with E-state index in [1.54, 1.807) is 31.3 Å². The Labute approximate surface area is 131 Å². The van der Waals surface area contributed by atoms with Crippen LogP contribution in [0.5, 0.6) is 5.75 Å². The number of sulfonamides is 1. The fraction of sp³-hybridized carbons (Fsp3) is 0.154. The summed E-state index contributed by atoms with van der Waals surface area (Å²) in [5.74, 6) is 0.838. The summed E-state index contributed by atoms with van der Waals surface area (Å²) in [6, 6.07) is 8.17. The fourth-order valence-corrected chi connectivity index (χ4v) is 3.43. The van der Waals surface area contributed by atoms with Gasteiger partial charge in [-0.05, 0) is 34.1 Å². The van der Waals surface area contributed by atoms with E-state index in [0.29, 0.717) is 15.9 Å². The van der Waals surface area contributed by atoms with Gasteiger partial charge < -0.3 is 10.1 Å². The predicted octanol–water partition coefficient (Wildman–Crippen LogP) is 2.70. The first-order valence-corrected chi connectivity index (χ1v) is 8.24. The van der Waals surface area contributed by atoms with Crippen LogP contribution in [0.4, 0.5) is 11.5 Å². The van der Waals surface area contributed by atoms with Crippen LogP contribution < -0.4 is 14.8 Å². The van der Waals surface area contributed by atoms with Gasteiger partial charge in [-0.15, -0.1) is 0 Å². The predicted molar refractivity (Wildman–Crippen MR) is 85.3 cm³/mol. The molecule has 0 aliphatic heterocycles. The Hall–Kier alpha value is -1.80. The Morgan fingerprint density at radius 1 is 1.29 bits per heavy atom. The van der Waals surface area contributed by atoms with Crippen molar-refractivity contribution in [3.05, 3.63) is 41.0 Å². The number of ether oxygens (including phenoxy) is 1. The summed E-state index contributed by atoms with van der Waals surface area (Å²) in [6.07, 6.45) is 1.52. The van der Waals surface area contributed by atoms with Crippen molar-refractivity contribution in [1.82, 2.24) is 4.98 Å². The van der Waals surface area contributed by atoms with E-state index >= 15 is 0 Å². The van der Waals surface area contributed by atoms with Crippen LogP contribution >= 0.6 is 15.9 Å². The minimum Gasteiger partial charge on any atom is -0.497 e. The highest BCUT2D eigenvalue weighted by Crippen LogP contribution is 2.26. The summed E-state index contributed by atoms with van der Waals surface area (Å²) >= 11 is 3.22. The Kier molecular flexibility index (Phi) is 4.69. The van der Waals surface area contributed by atoms with Crippen LogP contribution in [0, 0.1) is 0 Å². The van der Waals surface area contributed by atoms with Crippen molar-refractivity contribution in [3.63, 3.8) is 0 Å². The second-order valence-electron chi connectivity index (χ2n) is 4.09. The molecule has 1 aromatic heterocycles. The van der Waals surface area contributed by atoms with Gasteiger partial charge in [-0.25, -0.2) is 13.4 Å². The largest absolute Gasteiger partial charge is 0.497 e. The number of aromatic nitrogens is 1. The average Bonchev–Trinajstić information content (AvgIpc) is 2.47. The second kappa shape index (κ2) is 6.31. The van der Waals surface area contributed by atoms with E-state index in [1.807, 2.05) is 0 Å². The number of rotatable bonds is 5. The maximum atomic E-state index is 12.5. The molecule has 21 heavy (non-hydrogen) atoms. The molecule has 0 atom stereocenters. The summed E-state index contributed by atoms with van der Waals surface area (Å²) in [5.41, 5.74) is 0.413. The molecule has 0 spiro atoms. The molecule has 0 saturated carbocycles. The van der Waals surface area contributed by atoms with Crippen LogP contribution in [-0.4, -0.2) is 27.6 Å². The van der Waals surface area contributed by atoms with Gasteiger partial charge in [-0.3, -0.25) is 4.72 Å². The zero-order valence-electron chi connectivity index (χ0n) is 11.4. The molecule has 1 aromatic carbocycles. The number of nitrogens with zero attached hydrogens (tertiary/aromatic N) is 1. The molecule has 0 unspecified atom stereocenters. The van der Waals surface area contributed by atoms with Crippen molar-refractivity contribution < 1.29 is 13.2 Å². The third-order valence-corrected chi connectivity index (χ3v) is 4.50. The van der Waals surface area contributed by atoms with Gasteiger partial charge in [-0.2, -0.15) is 0 Å². The highest BCUT2D eigenvalue weighted by Gasteiger charge is 2.20. The van der Waals surface area contributed by atoms with Crippen LogP contribution in [0.3, 0.4) is 0 Å². The number of pyridine rings is 1. The molecule has 6 nitrogen and oxygen atoms in total. The van der Waals surface area contributed by atoms with Gasteiger partial charge in [-0.1, -0.05) is 6.07 Å². The summed E-state index contributed by atoms with van der Waals surface area (Å²) in [4.78, 5) is 4.09. The molecule has 0 aliphatic carbocycles. The molecule has 0 saturated heterocycles. The van der Waals surface area contributed by atoms with Crippen molar-refractivity contribution >= 4 is 37.5 Å². The second-order valence-corrected chi connectivity index (χ2v) is 6.65. The Balaban J connectivity index is 2.40. The van der Waals surface area contributed by atoms with E-state index in [2.05, 4.69) is 31.0 Å². The van der Waals surface area contributed by atoms with E-state index in [0.717, 1.165) is 0 Å². The van der Waals surface area contributed by atoms with Gasteiger partial charge >= 0.3 is 0 Å². The van der Waals surface area contributed by atoms with Gasteiger partial charge in [0.25, 0.3) is 10.0 Å². The Bertz CT molecular complexity index is 750. The van der Waals surface area contributed by atoms with Crippen molar-refractivity contribution in [2.24, 2.45) is 0 Å². The van der Waals surface area contributed by atoms with Gasteiger partial charge in [0.1, 0.15) is 16.5 Å². The van der Waals surface area contributed by atoms with Crippen LogP contribution in [0.2, 0.25) is 0 Å². The summed E-state index contributed by atoms with van der Waals surface area (Å²) in [6.45, 7) is 0. The molecule has 0 radical (unpaired) electrons. The van der Waals surface area contributed by atoms with Crippen molar-refractivity contribution in [1.29, 1.82) is 0 Å². The summed E-state index contributed by atoms with van der Waals surface area (Å²) in [7, 11) is -0.633. The first-order chi connectivity index (χ1) is 9.96. The molecular weight excluding hydrogens is 358 g/mol. The third-order valence-electron chi connectivity index (χ3n) is 2.67. The molecule has 2 N–H and O–H groups in total. The average molecular weight is 372 g/mol. The molecule has 2 rings (SSSR count). The van der Waals surface area contributed by atoms with E-state index in [4.69, 9.17) is 4.74 Å². The summed E-state index contributed by atoms with van der Waals surface area (Å²) < 4.78 is 33.1. The monoisotopic (exact) mass is 371 g/mol. The smallest absolute Gasteiger partial charge is 0.265 e. The highest BCUT2D eigenvalue weighted by molar-refractivity contribution is 9.10. The van der Waals surface area contributed by atoms with E-state index in [1.165, 1.54) is 19.4 Å². The molecule has 0 fully saturated rings. The molecule has 0 aliphatic rings. The number of halogens is 1. The van der Waals surface area contributed by atoms with Crippen molar-refractivity contribution in [3.8, 4) is 5.75 Å². The van der Waals surface area contributed by atoms with Gasteiger partial charge in [0.15, 0.2) is 0 Å². The lowest BCUT2D eigenvalue weighted by Crippen LogP contribution is -2.15. The summed E-state index contributed by atoms with van der Waals surface area (Å²) in [5, 5.41) is 2.76. The standard InChI is InChI=1S/C13H14BrN3O3S/c1-15-13-12(6-9(14)8-16-13)21(18,19)17-10-4-3-5-11(7-10)20-2/h3-8,17H,1-2H3,(H,15,16). The van der Waals surface area contributed by atoms with Gasteiger partial charge in [0.2, 0.25) is 0 Å². The first kappa shape index (κ1) is 15.6. The maximum Gasteiger partial charge on any atom is 0.265 e. The molecule has 0 bridgehead atoms. The lowest BCUT2D eigenvalue weighted by molar-refractivity contribution is 0.415. The fourth-order valence-electron chi connectivity index (χ4n) is 1.71. The topological polar surface area (TPSA) is 80.3 Å². The minimum absolute atomic E-state index is 0.0576. The molecule has 0 amide bonds. The lowest BCUT2D eigenvalue weighted by atomic mass is 10.3. The maximum absolute atomic E-state index is 12.5. The number of hydrogen-bond donors (Lipinski definition) is 2. The zero-order chi connectivity index (χ0) is 15.5. The number of methoxy groups -OCH3 is 1. The van der Waals surface area contributed by atoms with E-state index in [9.17, 15) is 8.42 Å². The number of nitrogens with one attached hydrogen (secondary N) is 2. The number of benzene rings is 1. The van der Waals surface area contributed by atoms with Crippen LogP contribution in [0.1, 0.15) is 0 Å². The Morgan fingerprint density at radius 3 is 2.71 bits per heavy atom. The van der Waals surface area contributed by atoms with Crippen LogP contribution in [-0.2, 0) is 10.0 Å². The van der Waals surface area contributed by atoms with Crippen LogP contribution in [0.25, 0.3) is 0 Å². The van der Waals surface area contributed by atoms with E-state index in [-0.39, 0.29) is 10.7 Å². The minimum atomic E-state index is -3.76. The first-order valence-electron chi connectivity index (χ1n) is 5.96. The molecule has 1 heterocycles. The molecule has 8 heteroatoms. The normalized spacial score (nSPS) is 11.0. The molecular formula is C13H14BrN3O3S.